The summed E-state index contributed by atoms with van der Waals surface area (Å²) in [5.41, 5.74) is 0.890. The van der Waals surface area contributed by atoms with Crippen LogP contribution in [0.2, 0.25) is 0 Å². The molecule has 32 heavy (non-hydrogen) atoms. The fourth-order valence-electron chi connectivity index (χ4n) is 2.99. The molecule has 1 heterocycles. The SMILES string of the molecule is CCOS(=O)(=O)c1ccc(C)cc1OCCOCCOCCOCCOC1CCCCO1. The second kappa shape index (κ2) is 15.5. The van der Waals surface area contributed by atoms with Gasteiger partial charge in [0.1, 0.15) is 17.3 Å². The smallest absolute Gasteiger partial charge is 0.300 e. The van der Waals surface area contributed by atoms with Crippen molar-refractivity contribution in [3.05, 3.63) is 23.8 Å². The van der Waals surface area contributed by atoms with Crippen LogP contribution in [0.25, 0.3) is 0 Å². The van der Waals surface area contributed by atoms with E-state index in [1.54, 1.807) is 19.1 Å². The summed E-state index contributed by atoms with van der Waals surface area (Å²) in [7, 11) is -3.84. The first-order valence-corrected chi connectivity index (χ1v) is 12.5. The summed E-state index contributed by atoms with van der Waals surface area (Å²) in [6, 6.07) is 4.86. The molecule has 1 saturated heterocycles. The van der Waals surface area contributed by atoms with Crippen LogP contribution in [0.4, 0.5) is 0 Å². The van der Waals surface area contributed by atoms with Crippen LogP contribution >= 0.6 is 0 Å². The summed E-state index contributed by atoms with van der Waals surface area (Å²) in [5.74, 6) is 0.259. The topological polar surface area (TPSA) is 98.8 Å². The van der Waals surface area contributed by atoms with Crippen LogP contribution < -0.4 is 4.74 Å². The molecule has 0 spiro atoms. The lowest BCUT2D eigenvalue weighted by molar-refractivity contribution is -0.169. The van der Waals surface area contributed by atoms with Crippen molar-refractivity contribution in [2.24, 2.45) is 0 Å². The second-order valence-electron chi connectivity index (χ2n) is 7.16. The Balaban J connectivity index is 1.47. The minimum absolute atomic E-state index is 0.0185. The third kappa shape index (κ3) is 10.6. The van der Waals surface area contributed by atoms with Crippen LogP contribution in [0.15, 0.2) is 23.1 Å². The Bertz CT molecular complexity index is 733. The molecule has 0 N–H and O–H groups in total. The second-order valence-corrected chi connectivity index (χ2v) is 8.75. The summed E-state index contributed by atoms with van der Waals surface area (Å²) in [5, 5.41) is 0. The van der Waals surface area contributed by atoms with Crippen LogP contribution in [0, 0.1) is 6.92 Å². The summed E-state index contributed by atoms with van der Waals surface area (Å²) in [4.78, 5) is 0.0185. The van der Waals surface area contributed by atoms with E-state index >= 15 is 0 Å². The maximum atomic E-state index is 12.2. The Labute approximate surface area is 191 Å². The van der Waals surface area contributed by atoms with Gasteiger partial charge < -0.3 is 28.4 Å². The van der Waals surface area contributed by atoms with Gasteiger partial charge in [-0.1, -0.05) is 6.07 Å². The number of hydrogen-bond donors (Lipinski definition) is 0. The quantitative estimate of drug-likeness (QED) is 0.248. The van der Waals surface area contributed by atoms with Crippen molar-refractivity contribution >= 4 is 10.1 Å². The molecule has 0 amide bonds. The average molecular weight is 477 g/mol. The third-order valence-electron chi connectivity index (χ3n) is 4.54. The predicted molar refractivity (Wildman–Crippen MR) is 117 cm³/mol. The lowest BCUT2D eigenvalue weighted by atomic mass is 10.2. The molecule has 0 bridgehead atoms. The number of rotatable bonds is 17. The van der Waals surface area contributed by atoms with E-state index in [2.05, 4.69) is 0 Å². The molecule has 0 saturated carbocycles. The first kappa shape index (κ1) is 27.0. The number of aryl methyl sites for hydroxylation is 1. The van der Waals surface area contributed by atoms with Gasteiger partial charge >= 0.3 is 10.1 Å². The molecule has 9 nitrogen and oxygen atoms in total. The van der Waals surface area contributed by atoms with Crippen LogP contribution in [-0.4, -0.2) is 80.8 Å². The van der Waals surface area contributed by atoms with Crippen molar-refractivity contribution in [2.45, 2.75) is 44.3 Å². The van der Waals surface area contributed by atoms with Crippen LogP contribution in [-0.2, 0) is 38.0 Å². The maximum absolute atomic E-state index is 12.2. The fourth-order valence-corrected chi connectivity index (χ4v) is 4.02. The molecule has 0 aromatic heterocycles. The zero-order valence-corrected chi connectivity index (χ0v) is 19.9. The molecule has 0 aliphatic carbocycles. The molecule has 1 atom stereocenters. The van der Waals surface area contributed by atoms with Crippen molar-refractivity contribution in [1.82, 2.24) is 0 Å². The van der Waals surface area contributed by atoms with Gasteiger partial charge in [0.05, 0.1) is 52.9 Å². The van der Waals surface area contributed by atoms with Crippen molar-refractivity contribution in [1.29, 1.82) is 0 Å². The van der Waals surface area contributed by atoms with E-state index in [0.717, 1.165) is 31.4 Å². The molecule has 1 aromatic rings. The standard InChI is InChI=1S/C22H36O9S/c1-3-31-32(23,24)21-8-7-19(2)18-20(21)28-16-14-26-12-10-25-11-13-27-15-17-30-22-6-4-5-9-29-22/h7-8,18,22H,3-6,9-17H2,1-2H3. The Morgan fingerprint density at radius 2 is 1.59 bits per heavy atom. The van der Waals surface area contributed by atoms with E-state index in [1.165, 1.54) is 6.07 Å². The third-order valence-corrected chi connectivity index (χ3v) is 5.96. The highest BCUT2D eigenvalue weighted by Gasteiger charge is 2.20. The molecule has 1 aromatic carbocycles. The van der Waals surface area contributed by atoms with E-state index in [0.29, 0.717) is 46.2 Å². The molecular weight excluding hydrogens is 440 g/mol. The first-order valence-electron chi connectivity index (χ1n) is 11.1. The average Bonchev–Trinajstić information content (AvgIpc) is 2.77. The number of benzene rings is 1. The van der Waals surface area contributed by atoms with Crippen LogP contribution in [0.3, 0.4) is 0 Å². The van der Waals surface area contributed by atoms with Gasteiger partial charge in [0.25, 0.3) is 0 Å². The summed E-state index contributed by atoms with van der Waals surface area (Å²) < 4.78 is 62.3. The van der Waals surface area contributed by atoms with E-state index in [1.807, 2.05) is 6.92 Å². The normalized spacial score (nSPS) is 16.9. The van der Waals surface area contributed by atoms with E-state index in [9.17, 15) is 8.42 Å². The van der Waals surface area contributed by atoms with Crippen molar-refractivity contribution in [2.75, 3.05) is 66.1 Å². The van der Waals surface area contributed by atoms with Gasteiger partial charge in [0, 0.05) is 6.61 Å². The van der Waals surface area contributed by atoms with Gasteiger partial charge in [-0.15, -0.1) is 0 Å². The predicted octanol–water partition coefficient (Wildman–Crippen LogP) is 2.69. The minimum atomic E-state index is -3.84. The van der Waals surface area contributed by atoms with Crippen molar-refractivity contribution in [3.63, 3.8) is 0 Å². The number of ether oxygens (including phenoxy) is 6. The molecule has 10 heteroatoms. The Morgan fingerprint density at radius 1 is 0.938 bits per heavy atom. The van der Waals surface area contributed by atoms with Gasteiger partial charge in [-0.25, -0.2) is 0 Å². The van der Waals surface area contributed by atoms with Crippen LogP contribution in [0.1, 0.15) is 31.7 Å². The molecule has 1 fully saturated rings. The van der Waals surface area contributed by atoms with Gasteiger partial charge in [0.2, 0.25) is 0 Å². The lowest BCUT2D eigenvalue weighted by Gasteiger charge is -2.22. The van der Waals surface area contributed by atoms with Crippen molar-refractivity contribution in [3.8, 4) is 5.75 Å². The summed E-state index contributed by atoms with van der Waals surface area (Å²) in [6.45, 7) is 7.67. The molecule has 1 unspecified atom stereocenters. The monoisotopic (exact) mass is 476 g/mol. The zero-order valence-electron chi connectivity index (χ0n) is 19.1. The Morgan fingerprint density at radius 3 is 2.22 bits per heavy atom. The summed E-state index contributed by atoms with van der Waals surface area (Å²) >= 11 is 0. The van der Waals surface area contributed by atoms with Gasteiger partial charge in [-0.05, 0) is 50.8 Å². The van der Waals surface area contributed by atoms with E-state index in [-0.39, 0.29) is 30.1 Å². The Hall–Kier alpha value is -1.27. The molecular formula is C22H36O9S. The molecule has 1 aliphatic heterocycles. The maximum Gasteiger partial charge on any atom is 0.300 e. The zero-order chi connectivity index (χ0) is 23.1. The van der Waals surface area contributed by atoms with Gasteiger partial charge in [-0.3, -0.25) is 4.18 Å². The molecule has 184 valence electrons. The van der Waals surface area contributed by atoms with Gasteiger partial charge in [0.15, 0.2) is 6.29 Å². The minimum Gasteiger partial charge on any atom is -0.490 e. The van der Waals surface area contributed by atoms with Crippen LogP contribution in [0.5, 0.6) is 5.75 Å². The van der Waals surface area contributed by atoms with Gasteiger partial charge in [-0.2, -0.15) is 8.42 Å². The number of hydrogen-bond acceptors (Lipinski definition) is 9. The highest BCUT2D eigenvalue weighted by molar-refractivity contribution is 7.86. The fraction of sp³-hybridized carbons (Fsp3) is 0.727. The Kier molecular flexibility index (Phi) is 13.1. The highest BCUT2D eigenvalue weighted by atomic mass is 32.2. The highest BCUT2D eigenvalue weighted by Crippen LogP contribution is 2.26. The largest absolute Gasteiger partial charge is 0.490 e. The summed E-state index contributed by atoms with van der Waals surface area (Å²) in [6.07, 6.45) is 3.12. The first-order chi connectivity index (χ1) is 15.5. The molecule has 2 rings (SSSR count). The van der Waals surface area contributed by atoms with E-state index < -0.39 is 10.1 Å². The van der Waals surface area contributed by atoms with Crippen molar-refractivity contribution < 1.29 is 41.0 Å². The lowest BCUT2D eigenvalue weighted by Crippen LogP contribution is -2.24. The molecule has 1 aliphatic rings. The molecule has 0 radical (unpaired) electrons. The van der Waals surface area contributed by atoms with E-state index in [4.69, 9.17) is 32.6 Å².